The van der Waals surface area contributed by atoms with Gasteiger partial charge in [0.1, 0.15) is 5.75 Å². The summed E-state index contributed by atoms with van der Waals surface area (Å²) in [5, 5.41) is 9.66. The predicted octanol–water partition coefficient (Wildman–Crippen LogP) is 5.06. The Morgan fingerprint density at radius 1 is 1.00 bits per heavy atom. The number of para-hydroxylation sites is 1. The number of aromatic nitrogens is 4. The van der Waals surface area contributed by atoms with E-state index in [9.17, 15) is 0 Å². The molecule has 2 heterocycles. The Kier molecular flexibility index (Phi) is 5.77. The molecule has 0 unspecified atom stereocenters. The van der Waals surface area contributed by atoms with Gasteiger partial charge in [0.15, 0.2) is 0 Å². The first-order valence-electron chi connectivity index (χ1n) is 11.5. The Hall–Kier alpha value is -3.38. The highest BCUT2D eigenvalue weighted by Crippen LogP contribution is 2.34. The molecule has 0 bridgehead atoms. The monoisotopic (exact) mass is 441 g/mol. The molecule has 2 aromatic carbocycles. The van der Waals surface area contributed by atoms with Crippen molar-refractivity contribution in [2.45, 2.75) is 45.8 Å². The number of hydrogen-bond acceptors (Lipinski definition) is 4. The van der Waals surface area contributed by atoms with Crippen molar-refractivity contribution in [3.63, 3.8) is 0 Å². The van der Waals surface area contributed by atoms with Crippen LogP contribution < -0.4 is 4.74 Å². The molecular weight excluding hydrogens is 410 g/mol. The van der Waals surface area contributed by atoms with Crippen LogP contribution in [0.2, 0.25) is 0 Å². The van der Waals surface area contributed by atoms with Crippen LogP contribution in [0.15, 0.2) is 60.8 Å². The van der Waals surface area contributed by atoms with Crippen molar-refractivity contribution >= 4 is 0 Å². The second kappa shape index (κ2) is 8.87. The van der Waals surface area contributed by atoms with Gasteiger partial charge in [0.05, 0.1) is 24.2 Å². The SMILES string of the molecule is COc1cccc(-c2nn(-c3ccccc3)cc2CN(Cc2c(C)nn(C)c2C)C2CC2)c1. The van der Waals surface area contributed by atoms with E-state index in [1.165, 1.54) is 29.7 Å². The molecule has 33 heavy (non-hydrogen) atoms. The quantitative estimate of drug-likeness (QED) is 0.383. The molecule has 0 spiro atoms. The minimum absolute atomic E-state index is 0.613. The first-order valence-corrected chi connectivity index (χ1v) is 11.5. The van der Waals surface area contributed by atoms with Crippen LogP contribution in [0.3, 0.4) is 0 Å². The molecule has 0 N–H and O–H groups in total. The van der Waals surface area contributed by atoms with E-state index < -0.39 is 0 Å². The van der Waals surface area contributed by atoms with Gasteiger partial charge < -0.3 is 4.74 Å². The Labute approximate surface area is 195 Å². The van der Waals surface area contributed by atoms with Gasteiger partial charge in [-0.05, 0) is 51.0 Å². The first kappa shape index (κ1) is 21.5. The van der Waals surface area contributed by atoms with Gasteiger partial charge >= 0.3 is 0 Å². The molecule has 5 rings (SSSR count). The maximum atomic E-state index is 5.49. The minimum atomic E-state index is 0.613. The highest BCUT2D eigenvalue weighted by molar-refractivity contribution is 5.65. The average Bonchev–Trinajstić information content (AvgIpc) is 3.56. The summed E-state index contributed by atoms with van der Waals surface area (Å²) >= 11 is 0. The fourth-order valence-corrected chi connectivity index (χ4v) is 4.47. The number of ether oxygens (including phenoxy) is 1. The Balaban J connectivity index is 1.53. The van der Waals surface area contributed by atoms with Crippen LogP contribution in [0.5, 0.6) is 5.75 Å². The molecular formula is C27H31N5O. The summed E-state index contributed by atoms with van der Waals surface area (Å²) < 4.78 is 9.48. The number of rotatable bonds is 8. The van der Waals surface area contributed by atoms with Crippen molar-refractivity contribution in [2.75, 3.05) is 7.11 Å². The van der Waals surface area contributed by atoms with Gasteiger partial charge in [0, 0.05) is 54.8 Å². The zero-order valence-corrected chi connectivity index (χ0v) is 19.8. The summed E-state index contributed by atoms with van der Waals surface area (Å²) in [6.45, 7) is 6.03. The first-order chi connectivity index (χ1) is 16.0. The summed E-state index contributed by atoms with van der Waals surface area (Å²) in [5.74, 6) is 0.841. The van der Waals surface area contributed by atoms with Gasteiger partial charge in [-0.3, -0.25) is 9.58 Å². The predicted molar refractivity (Wildman–Crippen MR) is 131 cm³/mol. The highest BCUT2D eigenvalue weighted by atomic mass is 16.5. The zero-order valence-electron chi connectivity index (χ0n) is 19.8. The van der Waals surface area contributed by atoms with Crippen LogP contribution in [-0.2, 0) is 20.1 Å². The van der Waals surface area contributed by atoms with Crippen molar-refractivity contribution in [1.29, 1.82) is 0 Å². The lowest BCUT2D eigenvalue weighted by Gasteiger charge is -2.22. The number of methoxy groups -OCH3 is 1. The topological polar surface area (TPSA) is 48.1 Å². The number of hydrogen-bond donors (Lipinski definition) is 0. The van der Waals surface area contributed by atoms with Crippen LogP contribution in [0, 0.1) is 13.8 Å². The van der Waals surface area contributed by atoms with Crippen molar-refractivity contribution in [3.05, 3.63) is 83.3 Å². The lowest BCUT2D eigenvalue weighted by Crippen LogP contribution is -2.25. The van der Waals surface area contributed by atoms with Crippen molar-refractivity contribution in [2.24, 2.45) is 7.05 Å². The number of benzene rings is 2. The molecule has 4 aromatic rings. The molecule has 0 aliphatic heterocycles. The minimum Gasteiger partial charge on any atom is -0.497 e. The smallest absolute Gasteiger partial charge is 0.119 e. The molecule has 0 radical (unpaired) electrons. The summed E-state index contributed by atoms with van der Waals surface area (Å²) in [7, 11) is 3.73. The van der Waals surface area contributed by atoms with Gasteiger partial charge in [-0.1, -0.05) is 30.3 Å². The molecule has 170 valence electrons. The van der Waals surface area contributed by atoms with Crippen LogP contribution in [-0.4, -0.2) is 37.6 Å². The lowest BCUT2D eigenvalue weighted by molar-refractivity contribution is 0.245. The number of aryl methyl sites for hydroxylation is 2. The van der Waals surface area contributed by atoms with Gasteiger partial charge in [-0.2, -0.15) is 10.2 Å². The fraction of sp³-hybridized carbons (Fsp3) is 0.333. The van der Waals surface area contributed by atoms with Crippen molar-refractivity contribution in [3.8, 4) is 22.7 Å². The van der Waals surface area contributed by atoms with Gasteiger partial charge in [-0.25, -0.2) is 4.68 Å². The zero-order chi connectivity index (χ0) is 22.9. The summed E-state index contributed by atoms with van der Waals surface area (Å²) in [6.07, 6.45) is 4.68. The molecule has 0 saturated heterocycles. The highest BCUT2D eigenvalue weighted by Gasteiger charge is 2.31. The largest absolute Gasteiger partial charge is 0.497 e. The van der Waals surface area contributed by atoms with E-state index in [2.05, 4.69) is 54.3 Å². The Morgan fingerprint density at radius 2 is 1.79 bits per heavy atom. The fourth-order valence-electron chi connectivity index (χ4n) is 4.47. The van der Waals surface area contributed by atoms with Gasteiger partial charge in [0.2, 0.25) is 0 Å². The maximum Gasteiger partial charge on any atom is 0.119 e. The molecule has 1 aliphatic carbocycles. The Bertz CT molecular complexity index is 1250. The molecule has 0 atom stereocenters. The average molecular weight is 442 g/mol. The summed E-state index contributed by atoms with van der Waals surface area (Å²) in [5.41, 5.74) is 8.05. The molecule has 0 amide bonds. The van der Waals surface area contributed by atoms with E-state index in [-0.39, 0.29) is 0 Å². The maximum absolute atomic E-state index is 5.49. The molecule has 1 fully saturated rings. The molecule has 6 nitrogen and oxygen atoms in total. The third-order valence-corrected chi connectivity index (χ3v) is 6.61. The Morgan fingerprint density at radius 3 is 2.45 bits per heavy atom. The summed E-state index contributed by atoms with van der Waals surface area (Å²) in [6, 6.07) is 19.1. The van der Waals surface area contributed by atoms with Crippen LogP contribution in [0.1, 0.15) is 35.4 Å². The number of nitrogens with zero attached hydrogens (tertiary/aromatic N) is 5. The van der Waals surface area contributed by atoms with Gasteiger partial charge in [-0.15, -0.1) is 0 Å². The van der Waals surface area contributed by atoms with Crippen molar-refractivity contribution < 1.29 is 4.74 Å². The third-order valence-electron chi connectivity index (χ3n) is 6.61. The molecule has 1 saturated carbocycles. The van der Waals surface area contributed by atoms with E-state index in [4.69, 9.17) is 9.84 Å². The lowest BCUT2D eigenvalue weighted by atomic mass is 10.1. The second-order valence-corrected chi connectivity index (χ2v) is 8.92. The molecule has 1 aliphatic rings. The molecule has 2 aromatic heterocycles. The van der Waals surface area contributed by atoms with Crippen LogP contribution in [0.4, 0.5) is 0 Å². The van der Waals surface area contributed by atoms with Crippen LogP contribution >= 0.6 is 0 Å². The second-order valence-electron chi connectivity index (χ2n) is 8.92. The van der Waals surface area contributed by atoms with E-state index in [0.29, 0.717) is 6.04 Å². The van der Waals surface area contributed by atoms with E-state index in [0.717, 1.165) is 41.5 Å². The third kappa shape index (κ3) is 4.44. The van der Waals surface area contributed by atoms with Crippen molar-refractivity contribution in [1.82, 2.24) is 24.5 Å². The van der Waals surface area contributed by atoms with E-state index >= 15 is 0 Å². The standard InChI is InChI=1S/C27H31N5O/c1-19-26(20(2)30(3)28-19)18-31(23-13-14-23)16-22-17-32(24-10-6-5-7-11-24)29-27(22)21-9-8-12-25(15-21)33-4/h5-12,15,17,23H,13-14,16,18H2,1-4H3. The normalized spacial score (nSPS) is 13.6. The van der Waals surface area contributed by atoms with E-state index in [1.54, 1.807) is 7.11 Å². The molecule has 6 heteroatoms. The van der Waals surface area contributed by atoms with Crippen LogP contribution in [0.25, 0.3) is 16.9 Å². The summed E-state index contributed by atoms with van der Waals surface area (Å²) in [4.78, 5) is 2.59. The van der Waals surface area contributed by atoms with E-state index in [1.807, 2.05) is 46.7 Å². The van der Waals surface area contributed by atoms with Gasteiger partial charge in [0.25, 0.3) is 0 Å².